The van der Waals surface area contributed by atoms with Crippen LogP contribution in [0.4, 0.5) is 0 Å². The van der Waals surface area contributed by atoms with Gasteiger partial charge in [0.15, 0.2) is 0 Å². The third-order valence-corrected chi connectivity index (χ3v) is 4.20. The maximum Gasteiger partial charge on any atom is 0.128 e. The quantitative estimate of drug-likeness (QED) is 0.897. The number of likely N-dealkylation sites (N-methyl/N-ethyl adjacent to an activating group) is 1. The highest BCUT2D eigenvalue weighted by Gasteiger charge is 2.33. The standard InChI is InChI=1S/C17H27NO2/c1-5-7-8-18(6-2)15-11-20-17-13(4)9-12(3)10-14(17)16(15)19/h9-10,15-16,19H,5-8,11H2,1-4H3. The Balaban J connectivity index is 2.24. The molecular weight excluding hydrogens is 250 g/mol. The second-order valence-electron chi connectivity index (χ2n) is 5.81. The number of rotatable bonds is 5. The van der Waals surface area contributed by atoms with Crippen molar-refractivity contribution in [1.29, 1.82) is 0 Å². The first-order chi connectivity index (χ1) is 9.58. The van der Waals surface area contributed by atoms with Crippen molar-refractivity contribution in [1.82, 2.24) is 4.90 Å². The maximum atomic E-state index is 10.7. The molecule has 2 unspecified atom stereocenters. The van der Waals surface area contributed by atoms with Gasteiger partial charge in [0.05, 0.1) is 6.04 Å². The van der Waals surface area contributed by atoms with E-state index in [-0.39, 0.29) is 6.04 Å². The van der Waals surface area contributed by atoms with Crippen LogP contribution in [-0.4, -0.2) is 35.7 Å². The van der Waals surface area contributed by atoms with Crippen molar-refractivity contribution in [3.05, 3.63) is 28.8 Å². The average Bonchev–Trinajstić information content (AvgIpc) is 2.42. The van der Waals surface area contributed by atoms with Gasteiger partial charge in [0.1, 0.15) is 18.5 Å². The zero-order valence-electron chi connectivity index (χ0n) is 13.1. The summed E-state index contributed by atoms with van der Waals surface area (Å²) in [5.41, 5.74) is 3.25. The number of nitrogens with zero attached hydrogens (tertiary/aromatic N) is 1. The zero-order valence-corrected chi connectivity index (χ0v) is 13.1. The van der Waals surface area contributed by atoms with E-state index in [1.165, 1.54) is 12.0 Å². The van der Waals surface area contributed by atoms with E-state index >= 15 is 0 Å². The highest BCUT2D eigenvalue weighted by atomic mass is 16.5. The second kappa shape index (κ2) is 6.59. The Morgan fingerprint density at radius 1 is 1.30 bits per heavy atom. The molecule has 2 atom stereocenters. The summed E-state index contributed by atoms with van der Waals surface area (Å²) in [5, 5.41) is 10.7. The Bertz CT molecular complexity index is 459. The molecular formula is C17H27NO2. The highest BCUT2D eigenvalue weighted by molar-refractivity contribution is 5.46. The maximum absolute atomic E-state index is 10.7. The van der Waals surface area contributed by atoms with Crippen LogP contribution in [0.1, 0.15) is 49.5 Å². The average molecular weight is 277 g/mol. The van der Waals surface area contributed by atoms with E-state index < -0.39 is 6.10 Å². The predicted octanol–water partition coefficient (Wildman–Crippen LogP) is 3.22. The van der Waals surface area contributed by atoms with Crippen LogP contribution in [0.2, 0.25) is 0 Å². The van der Waals surface area contributed by atoms with Crippen molar-refractivity contribution in [3.8, 4) is 5.75 Å². The number of aliphatic hydroxyl groups is 1. The molecule has 1 N–H and O–H groups in total. The van der Waals surface area contributed by atoms with Gasteiger partial charge in [-0.1, -0.05) is 31.9 Å². The van der Waals surface area contributed by atoms with E-state index in [0.717, 1.165) is 36.4 Å². The molecule has 0 amide bonds. The van der Waals surface area contributed by atoms with Gasteiger partial charge in [-0.3, -0.25) is 4.90 Å². The molecule has 2 rings (SSSR count). The van der Waals surface area contributed by atoms with Crippen molar-refractivity contribution >= 4 is 0 Å². The van der Waals surface area contributed by atoms with E-state index in [2.05, 4.69) is 37.8 Å². The fourth-order valence-corrected chi connectivity index (χ4v) is 3.10. The summed E-state index contributed by atoms with van der Waals surface area (Å²) in [4.78, 5) is 2.34. The van der Waals surface area contributed by atoms with Crippen LogP contribution in [0.25, 0.3) is 0 Å². The van der Waals surface area contributed by atoms with Crippen molar-refractivity contribution in [2.45, 2.75) is 52.7 Å². The number of aliphatic hydroxyl groups excluding tert-OH is 1. The third kappa shape index (κ3) is 2.99. The van der Waals surface area contributed by atoms with Crippen LogP contribution in [-0.2, 0) is 0 Å². The molecule has 0 fully saturated rings. The SMILES string of the molecule is CCCCN(CC)C1COc2c(C)cc(C)cc2C1O. The molecule has 3 nitrogen and oxygen atoms in total. The van der Waals surface area contributed by atoms with Crippen molar-refractivity contribution in [3.63, 3.8) is 0 Å². The lowest BCUT2D eigenvalue weighted by atomic mass is 9.94. The van der Waals surface area contributed by atoms with Gasteiger partial charge in [-0.25, -0.2) is 0 Å². The summed E-state index contributed by atoms with van der Waals surface area (Å²) in [6.07, 6.45) is 1.89. The van der Waals surface area contributed by atoms with Gasteiger partial charge >= 0.3 is 0 Å². The Labute approximate surface area is 122 Å². The Morgan fingerprint density at radius 3 is 2.70 bits per heavy atom. The molecule has 0 bridgehead atoms. The number of unbranched alkanes of at least 4 members (excludes halogenated alkanes) is 1. The minimum Gasteiger partial charge on any atom is -0.491 e. The van der Waals surface area contributed by atoms with Gasteiger partial charge in [-0.15, -0.1) is 0 Å². The first kappa shape index (κ1) is 15.3. The summed E-state index contributed by atoms with van der Waals surface area (Å²) >= 11 is 0. The van der Waals surface area contributed by atoms with Crippen molar-refractivity contribution in [2.24, 2.45) is 0 Å². The van der Waals surface area contributed by atoms with Gasteiger partial charge in [0, 0.05) is 5.56 Å². The Kier molecular flexibility index (Phi) is 5.06. The van der Waals surface area contributed by atoms with Crippen LogP contribution >= 0.6 is 0 Å². The fourth-order valence-electron chi connectivity index (χ4n) is 3.10. The number of hydrogen-bond donors (Lipinski definition) is 1. The molecule has 0 radical (unpaired) electrons. The zero-order chi connectivity index (χ0) is 14.7. The number of benzene rings is 1. The normalized spacial score (nSPS) is 21.7. The molecule has 0 aliphatic carbocycles. The molecule has 1 aliphatic heterocycles. The topological polar surface area (TPSA) is 32.7 Å². The molecule has 3 heteroatoms. The number of ether oxygens (including phenoxy) is 1. The van der Waals surface area contributed by atoms with Crippen molar-refractivity contribution < 1.29 is 9.84 Å². The van der Waals surface area contributed by atoms with Gasteiger partial charge in [-0.2, -0.15) is 0 Å². The molecule has 1 heterocycles. The molecule has 112 valence electrons. The molecule has 1 aromatic carbocycles. The Hall–Kier alpha value is -1.06. The number of aryl methyl sites for hydroxylation is 2. The van der Waals surface area contributed by atoms with E-state index in [0.29, 0.717) is 6.61 Å². The van der Waals surface area contributed by atoms with E-state index in [4.69, 9.17) is 4.74 Å². The molecule has 0 saturated carbocycles. The molecule has 20 heavy (non-hydrogen) atoms. The molecule has 0 saturated heterocycles. The smallest absolute Gasteiger partial charge is 0.128 e. The van der Waals surface area contributed by atoms with Gasteiger partial charge in [0.25, 0.3) is 0 Å². The third-order valence-electron chi connectivity index (χ3n) is 4.20. The second-order valence-corrected chi connectivity index (χ2v) is 5.81. The largest absolute Gasteiger partial charge is 0.491 e. The number of hydrogen-bond acceptors (Lipinski definition) is 3. The summed E-state index contributed by atoms with van der Waals surface area (Å²) in [6.45, 7) is 11.0. The van der Waals surface area contributed by atoms with Gasteiger partial charge < -0.3 is 9.84 Å². The molecule has 1 aliphatic rings. The number of fused-ring (bicyclic) bond motifs is 1. The summed E-state index contributed by atoms with van der Waals surface area (Å²) in [7, 11) is 0. The molecule has 0 aromatic heterocycles. The minimum atomic E-state index is -0.450. The predicted molar refractivity (Wildman–Crippen MR) is 82.3 cm³/mol. The van der Waals surface area contributed by atoms with Crippen LogP contribution < -0.4 is 4.74 Å². The van der Waals surface area contributed by atoms with Crippen LogP contribution in [0.3, 0.4) is 0 Å². The van der Waals surface area contributed by atoms with Crippen molar-refractivity contribution in [2.75, 3.05) is 19.7 Å². The molecule has 0 spiro atoms. The highest BCUT2D eigenvalue weighted by Crippen LogP contribution is 2.37. The monoisotopic (exact) mass is 277 g/mol. The van der Waals surface area contributed by atoms with Gasteiger partial charge in [0.2, 0.25) is 0 Å². The summed E-state index contributed by atoms with van der Waals surface area (Å²) in [5.74, 6) is 0.880. The molecule has 1 aromatic rings. The summed E-state index contributed by atoms with van der Waals surface area (Å²) < 4.78 is 5.95. The Morgan fingerprint density at radius 2 is 2.05 bits per heavy atom. The lowest BCUT2D eigenvalue weighted by Gasteiger charge is -2.38. The minimum absolute atomic E-state index is 0.0697. The lowest BCUT2D eigenvalue weighted by molar-refractivity contribution is 0.00469. The van der Waals surface area contributed by atoms with Gasteiger partial charge in [-0.05, 0) is 45.0 Å². The lowest BCUT2D eigenvalue weighted by Crippen LogP contribution is -2.46. The van der Waals surface area contributed by atoms with E-state index in [9.17, 15) is 5.11 Å². The fraction of sp³-hybridized carbons (Fsp3) is 0.647. The van der Waals surface area contributed by atoms with E-state index in [1.54, 1.807) is 0 Å². The van der Waals surface area contributed by atoms with Crippen LogP contribution in [0.5, 0.6) is 5.75 Å². The van der Waals surface area contributed by atoms with E-state index in [1.807, 2.05) is 6.92 Å². The van der Waals surface area contributed by atoms with Crippen LogP contribution in [0, 0.1) is 13.8 Å². The first-order valence-corrected chi connectivity index (χ1v) is 7.74. The van der Waals surface area contributed by atoms with Crippen LogP contribution in [0.15, 0.2) is 12.1 Å². The summed E-state index contributed by atoms with van der Waals surface area (Å²) in [6, 6.07) is 4.24. The first-order valence-electron chi connectivity index (χ1n) is 7.74.